The molecule has 7 nitrogen and oxygen atoms in total. The van der Waals surface area contributed by atoms with Crippen LogP contribution in [0.4, 0.5) is 10.2 Å². The number of sulfonamides is 1. The molecule has 1 saturated heterocycles. The second-order valence-corrected chi connectivity index (χ2v) is 8.74. The fraction of sp³-hybridized carbons (Fsp3) is 0.238. The van der Waals surface area contributed by atoms with Gasteiger partial charge in [0.25, 0.3) is 0 Å². The molecule has 30 heavy (non-hydrogen) atoms. The van der Waals surface area contributed by atoms with Gasteiger partial charge in [0.2, 0.25) is 10.0 Å². The van der Waals surface area contributed by atoms with E-state index in [0.717, 1.165) is 23.1 Å². The van der Waals surface area contributed by atoms with Crippen molar-refractivity contribution in [1.82, 2.24) is 14.5 Å². The molecule has 0 unspecified atom stereocenters. The molecule has 4 rings (SSSR count). The number of ether oxygens (including phenoxy) is 1. The van der Waals surface area contributed by atoms with E-state index in [1.54, 1.807) is 7.11 Å². The summed E-state index contributed by atoms with van der Waals surface area (Å²) in [5.41, 5.74) is 1.62. The Kier molecular flexibility index (Phi) is 5.65. The van der Waals surface area contributed by atoms with Crippen LogP contribution >= 0.6 is 0 Å². The van der Waals surface area contributed by atoms with Crippen LogP contribution in [-0.4, -0.2) is 56.2 Å². The molecule has 1 aromatic heterocycles. The number of rotatable bonds is 5. The van der Waals surface area contributed by atoms with Gasteiger partial charge in [0.1, 0.15) is 16.5 Å². The van der Waals surface area contributed by atoms with E-state index in [1.165, 1.54) is 22.5 Å². The number of hydrogen-bond acceptors (Lipinski definition) is 6. The highest BCUT2D eigenvalue weighted by Crippen LogP contribution is 2.24. The van der Waals surface area contributed by atoms with Crippen molar-refractivity contribution in [2.45, 2.75) is 4.90 Å². The van der Waals surface area contributed by atoms with Crippen LogP contribution in [0.1, 0.15) is 0 Å². The van der Waals surface area contributed by atoms with Crippen molar-refractivity contribution in [2.75, 3.05) is 38.2 Å². The molecule has 2 heterocycles. The van der Waals surface area contributed by atoms with E-state index in [-0.39, 0.29) is 18.0 Å². The van der Waals surface area contributed by atoms with Gasteiger partial charge in [-0.3, -0.25) is 0 Å². The van der Waals surface area contributed by atoms with Gasteiger partial charge in [-0.05, 0) is 36.4 Å². The molecule has 0 spiro atoms. The number of anilines is 1. The molecule has 9 heteroatoms. The summed E-state index contributed by atoms with van der Waals surface area (Å²) in [6.45, 7) is 1.38. The highest BCUT2D eigenvalue weighted by Gasteiger charge is 2.30. The van der Waals surface area contributed by atoms with Crippen molar-refractivity contribution in [1.29, 1.82) is 0 Å². The van der Waals surface area contributed by atoms with Crippen LogP contribution in [0.3, 0.4) is 0 Å². The van der Waals surface area contributed by atoms with Crippen molar-refractivity contribution in [2.24, 2.45) is 0 Å². The molecule has 0 atom stereocenters. The third-order valence-electron chi connectivity index (χ3n) is 5.03. The summed E-state index contributed by atoms with van der Waals surface area (Å²) >= 11 is 0. The SMILES string of the molecule is COc1cccc(-c2ccc(N3CCN(S(=O)(=O)c4ccccc4F)CC3)nn2)c1. The summed E-state index contributed by atoms with van der Waals surface area (Å²) in [6.07, 6.45) is 0. The molecule has 0 saturated carbocycles. The fourth-order valence-electron chi connectivity index (χ4n) is 3.38. The smallest absolute Gasteiger partial charge is 0.246 e. The van der Waals surface area contributed by atoms with Crippen LogP contribution in [0, 0.1) is 5.82 Å². The van der Waals surface area contributed by atoms with Crippen LogP contribution in [0.2, 0.25) is 0 Å². The van der Waals surface area contributed by atoms with E-state index < -0.39 is 15.8 Å². The van der Waals surface area contributed by atoms with E-state index in [4.69, 9.17) is 4.74 Å². The zero-order valence-electron chi connectivity index (χ0n) is 16.4. The maximum Gasteiger partial charge on any atom is 0.246 e. The average molecular weight is 428 g/mol. The average Bonchev–Trinajstić information content (AvgIpc) is 2.79. The minimum absolute atomic E-state index is 0.246. The van der Waals surface area contributed by atoms with Crippen molar-refractivity contribution >= 4 is 15.8 Å². The Hall–Kier alpha value is -3.04. The van der Waals surface area contributed by atoms with Gasteiger partial charge in [-0.1, -0.05) is 24.3 Å². The Morgan fingerprint density at radius 1 is 0.933 bits per heavy atom. The lowest BCUT2D eigenvalue weighted by Crippen LogP contribution is -2.49. The first-order valence-corrected chi connectivity index (χ1v) is 10.9. The normalized spacial score (nSPS) is 15.2. The zero-order chi connectivity index (χ0) is 21.1. The molecule has 0 N–H and O–H groups in total. The molecular formula is C21H21FN4O3S. The second-order valence-electron chi connectivity index (χ2n) is 6.83. The number of halogens is 1. The highest BCUT2D eigenvalue weighted by molar-refractivity contribution is 7.89. The topological polar surface area (TPSA) is 75.6 Å². The summed E-state index contributed by atoms with van der Waals surface area (Å²) in [5, 5.41) is 8.60. The Morgan fingerprint density at radius 2 is 1.70 bits per heavy atom. The van der Waals surface area contributed by atoms with Gasteiger partial charge in [0.15, 0.2) is 5.82 Å². The van der Waals surface area contributed by atoms with Crippen LogP contribution in [0.5, 0.6) is 5.75 Å². The third-order valence-corrected chi connectivity index (χ3v) is 6.96. The summed E-state index contributed by atoms with van der Waals surface area (Å²) in [5.74, 6) is 0.675. The van der Waals surface area contributed by atoms with Crippen LogP contribution in [0.25, 0.3) is 11.3 Å². The lowest BCUT2D eigenvalue weighted by molar-refractivity contribution is 0.381. The molecule has 3 aromatic rings. The maximum atomic E-state index is 14.0. The van der Waals surface area contributed by atoms with Gasteiger partial charge in [-0.15, -0.1) is 10.2 Å². The van der Waals surface area contributed by atoms with Gasteiger partial charge < -0.3 is 9.64 Å². The number of benzene rings is 2. The first-order chi connectivity index (χ1) is 14.5. The first-order valence-electron chi connectivity index (χ1n) is 9.47. The van der Waals surface area contributed by atoms with Gasteiger partial charge >= 0.3 is 0 Å². The fourth-order valence-corrected chi connectivity index (χ4v) is 4.87. The Morgan fingerprint density at radius 3 is 2.37 bits per heavy atom. The predicted octanol–water partition coefficient (Wildman–Crippen LogP) is 2.80. The first kappa shape index (κ1) is 20.2. The number of nitrogens with zero attached hydrogens (tertiary/aromatic N) is 4. The minimum Gasteiger partial charge on any atom is -0.497 e. The summed E-state index contributed by atoms with van der Waals surface area (Å²) in [6, 6.07) is 16.7. The Balaban J connectivity index is 1.45. The minimum atomic E-state index is -3.86. The molecule has 0 aliphatic carbocycles. The van der Waals surface area contributed by atoms with Crippen LogP contribution in [0.15, 0.2) is 65.6 Å². The zero-order valence-corrected chi connectivity index (χ0v) is 17.2. The Labute approximate surface area is 174 Å². The van der Waals surface area contributed by atoms with Gasteiger partial charge in [0.05, 0.1) is 12.8 Å². The summed E-state index contributed by atoms with van der Waals surface area (Å²) in [4.78, 5) is 1.68. The van der Waals surface area contributed by atoms with Crippen molar-refractivity contribution in [3.8, 4) is 17.0 Å². The highest BCUT2D eigenvalue weighted by atomic mass is 32.2. The van der Waals surface area contributed by atoms with Gasteiger partial charge in [-0.25, -0.2) is 12.8 Å². The van der Waals surface area contributed by atoms with E-state index in [2.05, 4.69) is 10.2 Å². The van der Waals surface area contributed by atoms with E-state index in [0.29, 0.717) is 18.9 Å². The predicted molar refractivity (Wildman–Crippen MR) is 111 cm³/mol. The van der Waals surface area contributed by atoms with Gasteiger partial charge in [0, 0.05) is 31.7 Å². The van der Waals surface area contributed by atoms with Crippen molar-refractivity contribution in [3.05, 3.63) is 66.5 Å². The van der Waals surface area contributed by atoms with Crippen molar-refractivity contribution in [3.63, 3.8) is 0 Å². The van der Waals surface area contributed by atoms with E-state index >= 15 is 0 Å². The summed E-state index contributed by atoms with van der Waals surface area (Å²) < 4.78 is 46.0. The number of aromatic nitrogens is 2. The number of piperazine rings is 1. The van der Waals surface area contributed by atoms with Crippen LogP contribution < -0.4 is 9.64 Å². The molecule has 0 amide bonds. The molecule has 156 valence electrons. The molecule has 1 fully saturated rings. The molecule has 0 radical (unpaired) electrons. The standard InChI is InChI=1S/C21H21FN4O3S/c1-29-17-6-4-5-16(15-17)19-9-10-21(24-23-19)25-11-13-26(14-12-25)30(27,28)20-8-3-2-7-18(20)22/h2-10,15H,11-14H2,1H3. The molecule has 1 aliphatic rings. The molecule has 0 bridgehead atoms. The summed E-state index contributed by atoms with van der Waals surface area (Å²) in [7, 11) is -2.25. The lowest BCUT2D eigenvalue weighted by atomic mass is 10.1. The van der Waals surface area contributed by atoms with Crippen molar-refractivity contribution < 1.29 is 17.5 Å². The van der Waals surface area contributed by atoms with E-state index in [1.807, 2.05) is 41.3 Å². The second kappa shape index (κ2) is 8.37. The molecule has 2 aromatic carbocycles. The van der Waals surface area contributed by atoms with Crippen LogP contribution in [-0.2, 0) is 10.0 Å². The largest absolute Gasteiger partial charge is 0.497 e. The third kappa shape index (κ3) is 3.99. The lowest BCUT2D eigenvalue weighted by Gasteiger charge is -2.34. The number of hydrogen-bond donors (Lipinski definition) is 0. The van der Waals surface area contributed by atoms with E-state index in [9.17, 15) is 12.8 Å². The Bertz CT molecular complexity index is 1130. The monoisotopic (exact) mass is 428 g/mol. The maximum absolute atomic E-state index is 14.0. The molecule has 1 aliphatic heterocycles. The van der Waals surface area contributed by atoms with Gasteiger partial charge in [-0.2, -0.15) is 4.31 Å². The quantitative estimate of drug-likeness (QED) is 0.622. The molecular weight excluding hydrogens is 407 g/mol. The number of methoxy groups -OCH3 is 1.